The van der Waals surface area contributed by atoms with E-state index in [0.29, 0.717) is 22.3 Å². The summed E-state index contributed by atoms with van der Waals surface area (Å²) in [5.41, 5.74) is 5.50. The van der Waals surface area contributed by atoms with Gasteiger partial charge < -0.3 is 20.1 Å². The summed E-state index contributed by atoms with van der Waals surface area (Å²) in [5.74, 6) is -0.990. The van der Waals surface area contributed by atoms with Gasteiger partial charge in [-0.15, -0.1) is 0 Å². The van der Waals surface area contributed by atoms with E-state index in [1.54, 1.807) is 27.7 Å². The lowest BCUT2D eigenvalue weighted by Crippen LogP contribution is -2.28. The molecule has 406 valence electrons. The van der Waals surface area contributed by atoms with Crippen LogP contribution in [0.3, 0.4) is 0 Å². The molecule has 2 amide bonds. The molecule has 11 aromatic carbocycles. The van der Waals surface area contributed by atoms with E-state index in [1.807, 2.05) is 91.0 Å². The maximum absolute atomic E-state index is 11.9. The lowest BCUT2D eigenvalue weighted by Gasteiger charge is -2.11. The number of carbonyl (C=O) groups excluding carboxylic acids is 4. The Morgan fingerprint density at radius 3 is 1.41 bits per heavy atom. The Hall–Kier alpha value is -10.2. The number of esters is 2. The molecule has 1 aliphatic carbocycles. The predicted molar refractivity (Wildman–Crippen MR) is 342 cm³/mol. The summed E-state index contributed by atoms with van der Waals surface area (Å²) in [6.45, 7) is 21.8. The van der Waals surface area contributed by atoms with Crippen LogP contribution >= 0.6 is 0 Å². The molecule has 11 aromatic rings. The number of nitrogens with one attached hydrogen (secondary N) is 2. The molecular weight excluding hydrogens is 1010 g/mol. The number of rotatable bonds is 10. The molecule has 0 aromatic heterocycles. The first-order valence-electron chi connectivity index (χ1n) is 27.2. The monoisotopic (exact) mass is 1080 g/mol. The highest BCUT2D eigenvalue weighted by Gasteiger charge is 2.12. The molecule has 0 heterocycles. The first-order chi connectivity index (χ1) is 39.6. The lowest BCUT2D eigenvalue weighted by molar-refractivity contribution is -0.141. The van der Waals surface area contributed by atoms with Crippen LogP contribution in [0.15, 0.2) is 243 Å². The first kappa shape index (κ1) is 56.5. The van der Waals surface area contributed by atoms with E-state index in [0.717, 1.165) is 67.7 Å². The van der Waals surface area contributed by atoms with Crippen LogP contribution in [0.2, 0.25) is 0 Å². The van der Waals surface area contributed by atoms with Crippen molar-refractivity contribution in [2.24, 2.45) is 0 Å². The Labute approximate surface area is 477 Å². The number of amides is 2. The Bertz CT molecular complexity index is 4500. The third-order valence-corrected chi connectivity index (χ3v) is 14.1. The molecule has 12 rings (SSSR count). The average molecular weight is 1080 g/mol. The van der Waals surface area contributed by atoms with Crippen molar-refractivity contribution in [1.29, 1.82) is 0 Å². The summed E-state index contributed by atoms with van der Waals surface area (Å²) in [5, 5.41) is 24.7. The molecular formula is C74H64N2O6. The summed E-state index contributed by atoms with van der Waals surface area (Å²) in [6, 6.07) is 65.8. The van der Waals surface area contributed by atoms with Crippen LogP contribution < -0.4 is 21.1 Å². The zero-order valence-electron chi connectivity index (χ0n) is 46.7. The second-order valence-corrected chi connectivity index (χ2v) is 20.5. The molecule has 0 saturated carbocycles. The van der Waals surface area contributed by atoms with E-state index in [2.05, 4.69) is 152 Å². The molecule has 0 saturated heterocycles. The number of fused-ring (bicyclic) bond motifs is 12. The van der Waals surface area contributed by atoms with Gasteiger partial charge in [0.25, 0.3) is 11.8 Å². The molecule has 0 atom stereocenters. The maximum Gasteiger partial charge on any atom is 0.333 e. The van der Waals surface area contributed by atoms with Crippen LogP contribution in [-0.4, -0.2) is 23.8 Å². The molecule has 0 unspecified atom stereocenters. The third kappa shape index (κ3) is 13.3. The van der Waals surface area contributed by atoms with Gasteiger partial charge in [-0.2, -0.15) is 0 Å². The summed E-state index contributed by atoms with van der Waals surface area (Å²) in [4.78, 5) is 46.7. The molecule has 0 fully saturated rings. The van der Waals surface area contributed by atoms with Gasteiger partial charge >= 0.3 is 11.9 Å². The van der Waals surface area contributed by atoms with Crippen LogP contribution in [0, 0.1) is 0 Å². The minimum Gasteiger partial charge on any atom is -0.457 e. The minimum absolute atomic E-state index is 0.148. The van der Waals surface area contributed by atoms with Crippen molar-refractivity contribution >= 4 is 123 Å². The fourth-order valence-corrected chi connectivity index (χ4v) is 9.86. The lowest BCUT2D eigenvalue weighted by atomic mass is 9.97. The van der Waals surface area contributed by atoms with Gasteiger partial charge in [0.2, 0.25) is 0 Å². The first-order valence-corrected chi connectivity index (χ1v) is 27.2. The van der Waals surface area contributed by atoms with Crippen molar-refractivity contribution in [1.82, 2.24) is 0 Å². The van der Waals surface area contributed by atoms with Crippen molar-refractivity contribution in [2.45, 2.75) is 53.8 Å². The number of carbonyl (C=O) groups is 4. The van der Waals surface area contributed by atoms with Crippen molar-refractivity contribution in [3.63, 3.8) is 0 Å². The Balaban J connectivity index is 0.000000132. The van der Waals surface area contributed by atoms with E-state index in [9.17, 15) is 19.2 Å². The number of hydrogen-bond donors (Lipinski definition) is 2. The van der Waals surface area contributed by atoms with Gasteiger partial charge in [-0.1, -0.05) is 202 Å². The van der Waals surface area contributed by atoms with E-state index in [4.69, 9.17) is 9.47 Å². The fraction of sp³-hybridized carbons (Fsp3) is 0.108. The van der Waals surface area contributed by atoms with Gasteiger partial charge in [-0.05, 0) is 162 Å². The van der Waals surface area contributed by atoms with E-state index < -0.39 is 0 Å². The summed E-state index contributed by atoms with van der Waals surface area (Å²) in [7, 11) is 0. The molecule has 0 aliphatic heterocycles. The Morgan fingerprint density at radius 2 is 0.829 bits per heavy atom. The molecule has 1 aliphatic rings. The van der Waals surface area contributed by atoms with E-state index in [1.165, 1.54) is 53.5 Å². The minimum atomic E-state index is -0.354. The number of benzene rings is 11. The van der Waals surface area contributed by atoms with Crippen molar-refractivity contribution in [2.75, 3.05) is 10.6 Å². The number of anilines is 2. The quantitative estimate of drug-likeness (QED) is 0.0802. The molecule has 2 N–H and O–H groups in total. The standard InChI is InChI=1S/C19H18O2.C19H16O2.2C18H15NO/c1-13(2)19(20)21-12-15-11-14-7-3-4-8-16(14)18-10-6-5-9-17(15)18;1-13(2)19(20)21-12-14-7-8-16-10-9-15-5-3-4-6-17(15)18(16)11-14;1-12(2)18(20)19-17-11-13-7-3-4-8-14(13)15-9-5-6-10-16(15)17;1-12(2)18(20)19-15-10-9-14-8-7-13-5-3-4-6-16(13)17(14)11-15/h5-11H,1,3-4,12H2,2H3;3-11H,1,12H2,2H3;2*3-11H,1H2,2H3,(H,19,20). The number of ether oxygens (including phenoxy) is 2. The van der Waals surface area contributed by atoms with Crippen molar-refractivity contribution < 1.29 is 28.7 Å². The molecule has 8 nitrogen and oxygen atoms in total. The zero-order chi connectivity index (χ0) is 57.9. The van der Waals surface area contributed by atoms with E-state index >= 15 is 0 Å². The van der Waals surface area contributed by atoms with Gasteiger partial charge in [0.1, 0.15) is 13.2 Å². The predicted octanol–water partition coefficient (Wildman–Crippen LogP) is 16.4. The molecule has 0 spiro atoms. The van der Waals surface area contributed by atoms with Crippen LogP contribution in [0.4, 0.5) is 11.4 Å². The summed E-state index contributed by atoms with van der Waals surface area (Å²) in [6.07, 6.45) is 6.70. The second kappa shape index (κ2) is 25.7. The second-order valence-electron chi connectivity index (χ2n) is 20.5. The summed E-state index contributed by atoms with van der Waals surface area (Å²) >= 11 is 0. The molecule has 82 heavy (non-hydrogen) atoms. The van der Waals surface area contributed by atoms with Crippen molar-refractivity contribution in [3.05, 3.63) is 264 Å². The van der Waals surface area contributed by atoms with Gasteiger partial charge in [0, 0.05) is 39.1 Å². The Morgan fingerprint density at radius 1 is 0.390 bits per heavy atom. The largest absolute Gasteiger partial charge is 0.457 e. The highest BCUT2D eigenvalue weighted by molar-refractivity contribution is 6.17. The fourth-order valence-electron chi connectivity index (χ4n) is 9.86. The number of hydrogen-bond acceptors (Lipinski definition) is 6. The molecule has 0 radical (unpaired) electrons. The Kier molecular flexibility index (Phi) is 17.7. The average Bonchev–Trinajstić information content (AvgIpc) is 3.60. The van der Waals surface area contributed by atoms with E-state index in [-0.39, 0.29) is 37.0 Å². The maximum atomic E-state index is 11.9. The van der Waals surface area contributed by atoms with Gasteiger partial charge in [-0.25, -0.2) is 9.59 Å². The molecule has 8 heteroatoms. The van der Waals surface area contributed by atoms with Gasteiger partial charge in [-0.3, -0.25) is 9.59 Å². The summed E-state index contributed by atoms with van der Waals surface area (Å²) < 4.78 is 10.5. The van der Waals surface area contributed by atoms with Gasteiger partial charge in [0.15, 0.2) is 0 Å². The van der Waals surface area contributed by atoms with Crippen LogP contribution in [0.1, 0.15) is 51.7 Å². The SMILES string of the molecule is C=C(C)C(=O)Nc1cc2ccccc2c2ccccc12.C=C(C)C(=O)Nc1ccc2ccc3ccccc3c2c1.C=C(C)C(=O)OCc1cc2c(c3ccccc13)=CCCC=2.C=C(C)C(=O)OCc1ccc2ccc3ccccc3c2c1. The van der Waals surface area contributed by atoms with Crippen LogP contribution in [0.25, 0.3) is 87.6 Å². The zero-order valence-corrected chi connectivity index (χ0v) is 46.7. The van der Waals surface area contributed by atoms with Crippen LogP contribution in [-0.2, 0) is 41.9 Å². The van der Waals surface area contributed by atoms with Gasteiger partial charge in [0.05, 0.1) is 0 Å². The van der Waals surface area contributed by atoms with Crippen molar-refractivity contribution in [3.8, 4) is 0 Å². The molecule has 0 bridgehead atoms. The smallest absolute Gasteiger partial charge is 0.333 e. The topological polar surface area (TPSA) is 111 Å². The third-order valence-electron chi connectivity index (χ3n) is 14.1. The highest BCUT2D eigenvalue weighted by atomic mass is 16.5. The van der Waals surface area contributed by atoms with Crippen LogP contribution in [0.5, 0.6) is 0 Å². The highest BCUT2D eigenvalue weighted by Crippen LogP contribution is 2.33. The normalized spacial score (nSPS) is 11.3.